The van der Waals surface area contributed by atoms with Crippen LogP contribution in [0.2, 0.25) is 0 Å². The molecule has 0 aliphatic heterocycles. The molecule has 4 rings (SSSR count). The van der Waals surface area contributed by atoms with Crippen molar-refractivity contribution < 1.29 is 4.79 Å². The van der Waals surface area contributed by atoms with Gasteiger partial charge in [-0.25, -0.2) is 0 Å². The van der Waals surface area contributed by atoms with Crippen molar-refractivity contribution in [3.05, 3.63) is 36.0 Å². The zero-order valence-electron chi connectivity index (χ0n) is 16.9. The molecule has 1 heteroatoms. The Bertz CT molecular complexity index is 637. The highest BCUT2D eigenvalue weighted by molar-refractivity contribution is 5.91. The lowest BCUT2D eigenvalue weighted by atomic mass is 9.53. The van der Waals surface area contributed by atoms with Gasteiger partial charge in [-0.15, -0.1) is 0 Å². The van der Waals surface area contributed by atoms with Gasteiger partial charge in [-0.1, -0.05) is 45.1 Å². The van der Waals surface area contributed by atoms with E-state index in [1.165, 1.54) is 44.1 Å². The normalized spacial score (nSPS) is 41.9. The predicted octanol–water partition coefficient (Wildman–Crippen LogP) is 6.51. The van der Waals surface area contributed by atoms with Gasteiger partial charge in [0.2, 0.25) is 0 Å². The van der Waals surface area contributed by atoms with Crippen molar-refractivity contribution >= 4 is 5.78 Å². The van der Waals surface area contributed by atoms with E-state index in [-0.39, 0.29) is 0 Å². The molecule has 0 heterocycles. The smallest absolute Gasteiger partial charge is 0.155 e. The van der Waals surface area contributed by atoms with E-state index in [0.29, 0.717) is 17.1 Å². The first-order valence-corrected chi connectivity index (χ1v) is 11.1. The molecule has 0 aromatic heterocycles. The van der Waals surface area contributed by atoms with Crippen LogP contribution >= 0.6 is 0 Å². The fourth-order valence-corrected chi connectivity index (χ4v) is 6.78. The van der Waals surface area contributed by atoms with Gasteiger partial charge in [-0.2, -0.15) is 0 Å². The van der Waals surface area contributed by atoms with Gasteiger partial charge in [0.05, 0.1) is 0 Å². The first-order valence-electron chi connectivity index (χ1n) is 11.1. The van der Waals surface area contributed by atoms with Crippen LogP contribution in [0.5, 0.6) is 0 Å². The van der Waals surface area contributed by atoms with E-state index in [2.05, 4.69) is 45.1 Å². The lowest BCUT2D eigenvalue weighted by Gasteiger charge is -2.52. The van der Waals surface area contributed by atoms with E-state index in [0.717, 1.165) is 42.4 Å². The number of fused-ring (bicyclic) bond motifs is 5. The second kappa shape index (κ2) is 7.13. The molecule has 26 heavy (non-hydrogen) atoms. The first-order chi connectivity index (χ1) is 12.5. The molecule has 0 N–H and O–H groups in total. The molecule has 0 saturated heterocycles. The summed E-state index contributed by atoms with van der Waals surface area (Å²) in [6, 6.07) is 0. The standard InChI is InChI=1S/C25H36O/c1-17(2)6-4-5-7-19-9-13-24-23-11-8-18-16-20(26)10-12-21(18)22(23)14-15-25(19,24)3/h4-5,8,11,16-17,19,21-24H,6-7,9-10,12-15H2,1-3H3/b5-4+/t19-,21?,22?,23?,24?,25?/m0/s1. The summed E-state index contributed by atoms with van der Waals surface area (Å²) in [5.41, 5.74) is 1.87. The van der Waals surface area contributed by atoms with E-state index >= 15 is 0 Å². The van der Waals surface area contributed by atoms with Crippen molar-refractivity contribution in [2.45, 2.75) is 72.1 Å². The molecule has 1 nitrogen and oxygen atoms in total. The fourth-order valence-electron chi connectivity index (χ4n) is 6.78. The highest BCUT2D eigenvalue weighted by atomic mass is 16.1. The van der Waals surface area contributed by atoms with Gasteiger partial charge in [-0.05, 0) is 97.5 Å². The number of carbonyl (C=O) groups is 1. The first kappa shape index (κ1) is 18.3. The molecule has 0 radical (unpaired) electrons. The Balaban J connectivity index is 1.49. The molecule has 0 amide bonds. The van der Waals surface area contributed by atoms with Gasteiger partial charge < -0.3 is 0 Å². The number of ketones is 1. The molecule has 5 unspecified atom stereocenters. The zero-order valence-corrected chi connectivity index (χ0v) is 16.9. The molecule has 0 aromatic rings. The average Bonchev–Trinajstić information content (AvgIpc) is 2.94. The molecule has 2 saturated carbocycles. The molecular weight excluding hydrogens is 316 g/mol. The third kappa shape index (κ3) is 3.16. The van der Waals surface area contributed by atoms with E-state index in [1.54, 1.807) is 0 Å². The van der Waals surface area contributed by atoms with Crippen molar-refractivity contribution in [2.24, 2.45) is 40.9 Å². The Morgan fingerprint density at radius 3 is 2.85 bits per heavy atom. The van der Waals surface area contributed by atoms with Crippen LogP contribution in [0.1, 0.15) is 72.1 Å². The minimum absolute atomic E-state index is 0.342. The number of hydrogen-bond donors (Lipinski definition) is 0. The SMILES string of the molecule is CC(C)C/C=C/C[C@H]1CCC2C3C=CC4=CC(=O)CCC4C3CCC21C. The van der Waals surface area contributed by atoms with Gasteiger partial charge in [0.15, 0.2) is 5.78 Å². The lowest BCUT2D eigenvalue weighted by molar-refractivity contribution is -0.115. The second-order valence-corrected chi connectivity index (χ2v) is 10.1. The highest BCUT2D eigenvalue weighted by Gasteiger charge is 2.54. The molecule has 4 aliphatic rings. The molecule has 4 aliphatic carbocycles. The number of allylic oxidation sites excluding steroid dienone is 6. The Kier molecular flexibility index (Phi) is 5.01. The Morgan fingerprint density at radius 2 is 2.04 bits per heavy atom. The van der Waals surface area contributed by atoms with Gasteiger partial charge >= 0.3 is 0 Å². The van der Waals surface area contributed by atoms with Gasteiger partial charge in [0, 0.05) is 6.42 Å². The number of rotatable bonds is 4. The summed E-state index contributed by atoms with van der Waals surface area (Å²) in [5.74, 6) is 5.06. The highest BCUT2D eigenvalue weighted by Crippen LogP contribution is 2.63. The van der Waals surface area contributed by atoms with Crippen LogP contribution in [-0.2, 0) is 4.79 Å². The quantitative estimate of drug-likeness (QED) is 0.527. The van der Waals surface area contributed by atoms with Crippen LogP contribution in [0, 0.1) is 40.9 Å². The minimum atomic E-state index is 0.342. The van der Waals surface area contributed by atoms with Crippen LogP contribution in [0.15, 0.2) is 36.0 Å². The average molecular weight is 353 g/mol. The summed E-state index contributed by atoms with van der Waals surface area (Å²) in [6.45, 7) is 7.20. The van der Waals surface area contributed by atoms with Crippen molar-refractivity contribution in [3.63, 3.8) is 0 Å². The van der Waals surface area contributed by atoms with Crippen LogP contribution in [0.4, 0.5) is 0 Å². The maximum atomic E-state index is 11.8. The van der Waals surface area contributed by atoms with E-state index < -0.39 is 0 Å². The Morgan fingerprint density at radius 1 is 1.19 bits per heavy atom. The lowest BCUT2D eigenvalue weighted by Crippen LogP contribution is -2.44. The molecule has 0 aromatic carbocycles. The zero-order chi connectivity index (χ0) is 18.3. The van der Waals surface area contributed by atoms with Gasteiger partial charge in [0.1, 0.15) is 0 Å². The third-order valence-electron chi connectivity index (χ3n) is 8.26. The molecule has 0 spiro atoms. The van der Waals surface area contributed by atoms with Crippen LogP contribution in [0.3, 0.4) is 0 Å². The van der Waals surface area contributed by atoms with Gasteiger partial charge in [0.25, 0.3) is 0 Å². The summed E-state index contributed by atoms with van der Waals surface area (Å²) in [7, 11) is 0. The summed E-state index contributed by atoms with van der Waals surface area (Å²) in [6.07, 6.45) is 21.6. The number of carbonyl (C=O) groups excluding carboxylic acids is 1. The topological polar surface area (TPSA) is 17.1 Å². The Hall–Kier alpha value is -1.11. The van der Waals surface area contributed by atoms with Crippen LogP contribution < -0.4 is 0 Å². The largest absolute Gasteiger partial charge is 0.295 e. The molecule has 6 atom stereocenters. The number of hydrogen-bond acceptors (Lipinski definition) is 1. The van der Waals surface area contributed by atoms with Crippen LogP contribution in [0.25, 0.3) is 0 Å². The van der Waals surface area contributed by atoms with Gasteiger partial charge in [-0.3, -0.25) is 4.79 Å². The summed E-state index contributed by atoms with van der Waals surface area (Å²) < 4.78 is 0. The van der Waals surface area contributed by atoms with E-state index in [1.807, 2.05) is 6.08 Å². The van der Waals surface area contributed by atoms with Crippen molar-refractivity contribution in [1.29, 1.82) is 0 Å². The fraction of sp³-hybridized carbons (Fsp3) is 0.720. The molecule has 0 bridgehead atoms. The van der Waals surface area contributed by atoms with Crippen molar-refractivity contribution in [1.82, 2.24) is 0 Å². The predicted molar refractivity (Wildman–Crippen MR) is 109 cm³/mol. The molecular formula is C25H36O. The maximum absolute atomic E-state index is 11.8. The minimum Gasteiger partial charge on any atom is -0.295 e. The maximum Gasteiger partial charge on any atom is 0.155 e. The monoisotopic (exact) mass is 352 g/mol. The molecule has 2 fully saturated rings. The summed E-state index contributed by atoms with van der Waals surface area (Å²) in [4.78, 5) is 11.8. The van der Waals surface area contributed by atoms with Crippen LogP contribution in [-0.4, -0.2) is 5.78 Å². The van der Waals surface area contributed by atoms with Crippen molar-refractivity contribution in [3.8, 4) is 0 Å². The summed E-state index contributed by atoms with van der Waals surface area (Å²) >= 11 is 0. The third-order valence-corrected chi connectivity index (χ3v) is 8.26. The second-order valence-electron chi connectivity index (χ2n) is 10.1. The Labute approximate surface area is 160 Å². The summed E-state index contributed by atoms with van der Waals surface area (Å²) in [5, 5.41) is 0. The van der Waals surface area contributed by atoms with Crippen molar-refractivity contribution in [2.75, 3.05) is 0 Å². The van der Waals surface area contributed by atoms with E-state index in [4.69, 9.17) is 0 Å². The van der Waals surface area contributed by atoms with E-state index in [9.17, 15) is 4.79 Å². The molecule has 142 valence electrons.